The summed E-state index contributed by atoms with van der Waals surface area (Å²) >= 11 is 0. The van der Waals surface area contributed by atoms with Gasteiger partial charge in [0.05, 0.1) is 0 Å². The van der Waals surface area contributed by atoms with Crippen LogP contribution in [0.4, 0.5) is 8.78 Å². The lowest BCUT2D eigenvalue weighted by Gasteiger charge is -2.34. The Kier molecular flexibility index (Phi) is 8.53. The molecular weight excluding hydrogens is 558 g/mol. The monoisotopic (exact) mass is 602 g/mol. The van der Waals surface area contributed by atoms with Gasteiger partial charge >= 0.3 is 0 Å². The summed E-state index contributed by atoms with van der Waals surface area (Å²) in [6, 6.07) is 33.4. The predicted octanol–water partition coefficient (Wildman–Crippen LogP) is 12.3. The standard InChI is InChI=1S/C42H44F2O/c1-40(2,3)26-42(7,8)32-24-34(39(45)35(25-32)33-19-20-36(43)37(38(33)44)41(4,5)6)31-22-29(27-15-11-9-12-16-27)21-30(23-31)28-17-13-10-14-18-28/h9-25,45H,26H2,1-8H3. The van der Waals surface area contributed by atoms with E-state index >= 15 is 8.78 Å². The summed E-state index contributed by atoms with van der Waals surface area (Å²) in [6.45, 7) is 16.4. The minimum atomic E-state index is -0.764. The topological polar surface area (TPSA) is 20.2 Å². The van der Waals surface area contributed by atoms with Gasteiger partial charge in [0.25, 0.3) is 0 Å². The lowest BCUT2D eigenvalue weighted by Crippen LogP contribution is -2.25. The minimum Gasteiger partial charge on any atom is -0.507 e. The summed E-state index contributed by atoms with van der Waals surface area (Å²) in [5, 5.41) is 12.1. The number of hydrogen-bond donors (Lipinski definition) is 1. The molecule has 1 N–H and O–H groups in total. The molecule has 0 aliphatic rings. The number of benzene rings is 5. The van der Waals surface area contributed by atoms with Gasteiger partial charge in [0.15, 0.2) is 0 Å². The highest BCUT2D eigenvalue weighted by molar-refractivity contribution is 5.88. The summed E-state index contributed by atoms with van der Waals surface area (Å²) < 4.78 is 31.4. The van der Waals surface area contributed by atoms with Crippen molar-refractivity contribution < 1.29 is 13.9 Å². The van der Waals surface area contributed by atoms with Crippen LogP contribution in [-0.4, -0.2) is 5.11 Å². The second-order valence-corrected chi connectivity index (χ2v) is 15.1. The molecule has 0 spiro atoms. The zero-order chi connectivity index (χ0) is 32.7. The van der Waals surface area contributed by atoms with E-state index in [4.69, 9.17) is 0 Å². The first-order chi connectivity index (χ1) is 21.0. The Morgan fingerprint density at radius 2 is 1.02 bits per heavy atom. The largest absolute Gasteiger partial charge is 0.507 e. The van der Waals surface area contributed by atoms with Crippen molar-refractivity contribution in [1.29, 1.82) is 0 Å². The van der Waals surface area contributed by atoms with E-state index in [1.54, 1.807) is 20.8 Å². The third-order valence-corrected chi connectivity index (χ3v) is 8.45. The average Bonchev–Trinajstić information content (AvgIpc) is 2.96. The minimum absolute atomic E-state index is 0.0118. The fourth-order valence-electron chi connectivity index (χ4n) is 6.70. The van der Waals surface area contributed by atoms with Gasteiger partial charge in [-0.3, -0.25) is 0 Å². The lowest BCUT2D eigenvalue weighted by molar-refractivity contribution is 0.284. The van der Waals surface area contributed by atoms with E-state index in [0.717, 1.165) is 39.8 Å². The summed E-state index contributed by atoms with van der Waals surface area (Å²) in [7, 11) is 0. The van der Waals surface area contributed by atoms with Gasteiger partial charge in [0, 0.05) is 22.3 Å². The molecule has 5 rings (SSSR count). The zero-order valence-electron chi connectivity index (χ0n) is 27.7. The van der Waals surface area contributed by atoms with Crippen molar-refractivity contribution in [1.82, 2.24) is 0 Å². The van der Waals surface area contributed by atoms with E-state index in [9.17, 15) is 5.11 Å². The van der Waals surface area contributed by atoms with Crippen LogP contribution in [-0.2, 0) is 10.8 Å². The van der Waals surface area contributed by atoms with Crippen molar-refractivity contribution in [3.63, 3.8) is 0 Å². The molecule has 0 saturated heterocycles. The van der Waals surface area contributed by atoms with Crippen LogP contribution in [0.1, 0.15) is 72.9 Å². The van der Waals surface area contributed by atoms with Gasteiger partial charge in [0.2, 0.25) is 0 Å². The van der Waals surface area contributed by atoms with Gasteiger partial charge < -0.3 is 5.11 Å². The van der Waals surface area contributed by atoms with Crippen LogP contribution in [0.3, 0.4) is 0 Å². The smallest absolute Gasteiger partial charge is 0.137 e. The van der Waals surface area contributed by atoms with E-state index in [1.807, 2.05) is 42.5 Å². The Morgan fingerprint density at radius 1 is 0.533 bits per heavy atom. The first-order valence-corrected chi connectivity index (χ1v) is 15.7. The van der Waals surface area contributed by atoms with Gasteiger partial charge in [-0.05, 0) is 98.5 Å². The number of rotatable bonds is 6. The molecule has 232 valence electrons. The predicted molar refractivity (Wildman–Crippen MR) is 186 cm³/mol. The molecule has 5 aromatic carbocycles. The highest BCUT2D eigenvalue weighted by Crippen LogP contribution is 2.47. The number of phenolic OH excluding ortho intramolecular Hbond substituents is 1. The van der Waals surface area contributed by atoms with Gasteiger partial charge in [0.1, 0.15) is 17.4 Å². The maximum atomic E-state index is 16.3. The second-order valence-electron chi connectivity index (χ2n) is 15.1. The number of halogens is 2. The first-order valence-electron chi connectivity index (χ1n) is 15.7. The van der Waals surface area contributed by atoms with Gasteiger partial charge in [-0.15, -0.1) is 0 Å². The quantitative estimate of drug-likeness (QED) is 0.205. The van der Waals surface area contributed by atoms with E-state index < -0.39 is 17.0 Å². The Morgan fingerprint density at radius 3 is 1.51 bits per heavy atom. The molecule has 3 heteroatoms. The Balaban J connectivity index is 1.84. The molecule has 0 heterocycles. The van der Waals surface area contributed by atoms with Crippen molar-refractivity contribution in [3.05, 3.63) is 126 Å². The number of aromatic hydroxyl groups is 1. The molecule has 0 bridgehead atoms. The molecule has 0 aromatic heterocycles. The number of phenols is 1. The molecule has 0 atom stereocenters. The molecule has 0 unspecified atom stereocenters. The molecule has 45 heavy (non-hydrogen) atoms. The first kappa shape index (κ1) is 32.2. The van der Waals surface area contributed by atoms with Crippen molar-refractivity contribution in [2.45, 2.75) is 72.6 Å². The summed E-state index contributed by atoms with van der Waals surface area (Å²) in [5.74, 6) is -1.26. The van der Waals surface area contributed by atoms with Crippen LogP contribution >= 0.6 is 0 Å². The van der Waals surface area contributed by atoms with Gasteiger partial charge in [-0.25, -0.2) is 8.78 Å². The summed E-state index contributed by atoms with van der Waals surface area (Å²) in [4.78, 5) is 0. The SMILES string of the molecule is CC(C)(C)CC(C)(C)c1cc(-c2cc(-c3ccccc3)cc(-c3ccccc3)c2)c(O)c(-c2ccc(F)c(C(C)(C)C)c2F)c1. The molecular formula is C42H44F2O. The molecule has 0 aliphatic carbocycles. The van der Waals surface area contributed by atoms with Crippen molar-refractivity contribution in [2.75, 3.05) is 0 Å². The highest BCUT2D eigenvalue weighted by Gasteiger charge is 2.31. The normalized spacial score (nSPS) is 12.4. The summed E-state index contributed by atoms with van der Waals surface area (Å²) in [6.07, 6.45) is 0.863. The zero-order valence-corrected chi connectivity index (χ0v) is 27.7. The number of hydrogen-bond acceptors (Lipinski definition) is 1. The van der Waals surface area contributed by atoms with Gasteiger partial charge in [-0.2, -0.15) is 0 Å². The van der Waals surface area contributed by atoms with E-state index in [0.29, 0.717) is 11.1 Å². The molecule has 0 radical (unpaired) electrons. The molecule has 0 saturated carbocycles. The van der Waals surface area contributed by atoms with Crippen LogP contribution in [0.25, 0.3) is 44.5 Å². The van der Waals surface area contributed by atoms with Crippen LogP contribution in [0.2, 0.25) is 0 Å². The second kappa shape index (κ2) is 11.9. The highest BCUT2D eigenvalue weighted by atomic mass is 19.1. The van der Waals surface area contributed by atoms with Crippen molar-refractivity contribution >= 4 is 0 Å². The van der Waals surface area contributed by atoms with Crippen LogP contribution in [0, 0.1) is 17.0 Å². The van der Waals surface area contributed by atoms with Crippen LogP contribution in [0.5, 0.6) is 5.75 Å². The van der Waals surface area contributed by atoms with Crippen molar-refractivity contribution in [2.24, 2.45) is 5.41 Å². The maximum Gasteiger partial charge on any atom is 0.137 e. The Labute approximate surface area is 267 Å². The third kappa shape index (κ3) is 6.88. The summed E-state index contributed by atoms with van der Waals surface area (Å²) in [5.41, 5.74) is 6.06. The Hall–Kier alpha value is -4.24. The third-order valence-electron chi connectivity index (χ3n) is 8.45. The molecule has 5 aromatic rings. The van der Waals surface area contributed by atoms with E-state index in [1.165, 1.54) is 12.1 Å². The van der Waals surface area contributed by atoms with Crippen LogP contribution < -0.4 is 0 Å². The van der Waals surface area contributed by atoms with E-state index in [2.05, 4.69) is 83.1 Å². The van der Waals surface area contributed by atoms with Crippen molar-refractivity contribution in [3.8, 4) is 50.3 Å². The molecule has 0 amide bonds. The fraction of sp³-hybridized carbons (Fsp3) is 0.286. The Bertz CT molecular complexity index is 1760. The van der Waals surface area contributed by atoms with Gasteiger partial charge in [-0.1, -0.05) is 116 Å². The van der Waals surface area contributed by atoms with E-state index in [-0.39, 0.29) is 27.7 Å². The maximum absolute atomic E-state index is 16.3. The average molecular weight is 603 g/mol. The molecule has 0 fully saturated rings. The lowest BCUT2D eigenvalue weighted by atomic mass is 9.71. The van der Waals surface area contributed by atoms with Crippen LogP contribution in [0.15, 0.2) is 103 Å². The molecule has 0 aliphatic heterocycles. The fourth-order valence-corrected chi connectivity index (χ4v) is 6.70. The molecule has 1 nitrogen and oxygen atoms in total.